The van der Waals surface area contributed by atoms with Crippen LogP contribution in [-0.2, 0) is 11.3 Å². The molecule has 1 aromatic carbocycles. The van der Waals surface area contributed by atoms with Crippen LogP contribution in [0.5, 0.6) is 0 Å². The fourth-order valence-corrected chi connectivity index (χ4v) is 2.48. The van der Waals surface area contributed by atoms with Crippen LogP contribution in [0.4, 0.5) is 0 Å². The molecule has 0 bridgehead atoms. The van der Waals surface area contributed by atoms with Gasteiger partial charge < -0.3 is 10.1 Å². The summed E-state index contributed by atoms with van der Waals surface area (Å²) in [5.41, 5.74) is 1.94. The molecular weight excluding hydrogens is 266 g/mol. The Morgan fingerprint density at radius 1 is 1.38 bits per heavy atom. The molecule has 0 saturated carbocycles. The Balaban J connectivity index is 1.56. The van der Waals surface area contributed by atoms with Gasteiger partial charge in [0.05, 0.1) is 30.3 Å². The number of nitrogens with one attached hydrogen (secondary N) is 1. The molecule has 1 N–H and O–H groups in total. The average Bonchev–Trinajstić information content (AvgIpc) is 2.97. The second-order valence-electron chi connectivity index (χ2n) is 5.35. The van der Waals surface area contributed by atoms with E-state index < -0.39 is 0 Å². The van der Waals surface area contributed by atoms with E-state index in [1.54, 1.807) is 4.80 Å². The van der Waals surface area contributed by atoms with Crippen LogP contribution in [0.1, 0.15) is 5.69 Å². The standard InChI is InChI=1S/C15H21N5O/c1-19(12-15-10-16-7-8-21-15)11-13-9-17-20(18-13)14-5-3-2-4-6-14/h2-6,9,15-16H,7-8,10-12H2,1H3. The first-order valence-corrected chi connectivity index (χ1v) is 7.29. The van der Waals surface area contributed by atoms with Crippen molar-refractivity contribution >= 4 is 0 Å². The van der Waals surface area contributed by atoms with Gasteiger partial charge in [0, 0.05) is 26.2 Å². The van der Waals surface area contributed by atoms with Gasteiger partial charge in [0.2, 0.25) is 0 Å². The zero-order chi connectivity index (χ0) is 14.5. The Kier molecular flexibility index (Phi) is 4.59. The minimum atomic E-state index is 0.257. The van der Waals surface area contributed by atoms with Crippen molar-refractivity contribution in [1.29, 1.82) is 0 Å². The Morgan fingerprint density at radius 3 is 3.00 bits per heavy atom. The number of benzene rings is 1. The van der Waals surface area contributed by atoms with Crippen LogP contribution < -0.4 is 5.32 Å². The normalized spacial score (nSPS) is 19.0. The third-order valence-corrected chi connectivity index (χ3v) is 3.48. The first-order valence-electron chi connectivity index (χ1n) is 7.29. The largest absolute Gasteiger partial charge is 0.374 e. The molecule has 0 spiro atoms. The number of ether oxygens (including phenoxy) is 1. The molecule has 1 aliphatic rings. The molecule has 6 nitrogen and oxygen atoms in total. The van der Waals surface area contributed by atoms with Crippen molar-refractivity contribution in [2.45, 2.75) is 12.6 Å². The van der Waals surface area contributed by atoms with Crippen LogP contribution in [0, 0.1) is 0 Å². The molecule has 0 radical (unpaired) electrons. The van der Waals surface area contributed by atoms with Crippen molar-refractivity contribution in [3.05, 3.63) is 42.2 Å². The summed E-state index contributed by atoms with van der Waals surface area (Å²) in [5.74, 6) is 0. The van der Waals surface area contributed by atoms with Crippen LogP contribution >= 0.6 is 0 Å². The highest BCUT2D eigenvalue weighted by molar-refractivity contribution is 5.28. The van der Waals surface area contributed by atoms with Crippen molar-refractivity contribution in [1.82, 2.24) is 25.2 Å². The first-order chi connectivity index (χ1) is 10.3. The lowest BCUT2D eigenvalue weighted by molar-refractivity contribution is 0.00866. The van der Waals surface area contributed by atoms with Gasteiger partial charge in [-0.1, -0.05) is 18.2 Å². The molecule has 3 rings (SSSR count). The lowest BCUT2D eigenvalue weighted by Gasteiger charge is -2.27. The fraction of sp³-hybridized carbons (Fsp3) is 0.467. The molecule has 21 heavy (non-hydrogen) atoms. The van der Waals surface area contributed by atoms with Gasteiger partial charge in [0.25, 0.3) is 0 Å². The summed E-state index contributed by atoms with van der Waals surface area (Å²) >= 11 is 0. The van der Waals surface area contributed by atoms with Crippen molar-refractivity contribution in [3.63, 3.8) is 0 Å². The number of morpholine rings is 1. The zero-order valence-electron chi connectivity index (χ0n) is 12.3. The van der Waals surface area contributed by atoms with Gasteiger partial charge in [-0.2, -0.15) is 15.0 Å². The average molecular weight is 287 g/mol. The summed E-state index contributed by atoms with van der Waals surface area (Å²) in [6, 6.07) is 9.94. The summed E-state index contributed by atoms with van der Waals surface area (Å²) in [6.45, 7) is 4.33. The SMILES string of the molecule is CN(Cc1cnn(-c2ccccc2)n1)CC1CNCCO1. The molecule has 2 aromatic rings. The molecular formula is C15H21N5O. The van der Waals surface area contributed by atoms with Crippen LogP contribution in [0.15, 0.2) is 36.5 Å². The number of rotatable bonds is 5. The van der Waals surface area contributed by atoms with E-state index in [9.17, 15) is 0 Å². The van der Waals surface area contributed by atoms with E-state index in [0.29, 0.717) is 0 Å². The van der Waals surface area contributed by atoms with Gasteiger partial charge in [0.15, 0.2) is 0 Å². The van der Waals surface area contributed by atoms with E-state index in [1.165, 1.54) is 0 Å². The molecule has 1 fully saturated rings. The summed E-state index contributed by atoms with van der Waals surface area (Å²) in [6.07, 6.45) is 2.08. The molecule has 1 saturated heterocycles. The van der Waals surface area contributed by atoms with Gasteiger partial charge in [0.1, 0.15) is 0 Å². The minimum Gasteiger partial charge on any atom is -0.374 e. The Bertz CT molecular complexity index is 550. The molecule has 0 amide bonds. The van der Waals surface area contributed by atoms with Gasteiger partial charge in [-0.05, 0) is 19.2 Å². The minimum absolute atomic E-state index is 0.257. The second-order valence-corrected chi connectivity index (χ2v) is 5.35. The third-order valence-electron chi connectivity index (χ3n) is 3.48. The Morgan fingerprint density at radius 2 is 2.24 bits per heavy atom. The van der Waals surface area contributed by atoms with Crippen LogP contribution in [-0.4, -0.2) is 59.3 Å². The molecule has 1 atom stereocenters. The van der Waals surface area contributed by atoms with E-state index >= 15 is 0 Å². The molecule has 1 aromatic heterocycles. The summed E-state index contributed by atoms with van der Waals surface area (Å²) in [5, 5.41) is 12.2. The maximum absolute atomic E-state index is 5.72. The van der Waals surface area contributed by atoms with Crippen molar-refractivity contribution < 1.29 is 4.74 Å². The topological polar surface area (TPSA) is 55.2 Å². The van der Waals surface area contributed by atoms with Gasteiger partial charge >= 0.3 is 0 Å². The first kappa shape index (κ1) is 14.2. The van der Waals surface area contributed by atoms with Crippen LogP contribution in [0.2, 0.25) is 0 Å². The molecule has 112 valence electrons. The molecule has 1 aliphatic heterocycles. The van der Waals surface area contributed by atoms with Gasteiger partial charge in [-0.25, -0.2) is 0 Å². The zero-order valence-corrected chi connectivity index (χ0v) is 12.3. The molecule has 0 aliphatic carbocycles. The fourth-order valence-electron chi connectivity index (χ4n) is 2.48. The van der Waals surface area contributed by atoms with Crippen molar-refractivity contribution in [2.75, 3.05) is 33.3 Å². The smallest absolute Gasteiger partial charge is 0.0971 e. The number of nitrogens with zero attached hydrogens (tertiary/aromatic N) is 4. The highest BCUT2D eigenvalue weighted by Gasteiger charge is 2.16. The Labute approximate surface area is 124 Å². The monoisotopic (exact) mass is 287 g/mol. The van der Waals surface area contributed by atoms with E-state index in [2.05, 4.69) is 27.5 Å². The number of likely N-dealkylation sites (N-methyl/N-ethyl adjacent to an activating group) is 1. The van der Waals surface area contributed by atoms with Crippen LogP contribution in [0.3, 0.4) is 0 Å². The number of aromatic nitrogens is 3. The van der Waals surface area contributed by atoms with Crippen molar-refractivity contribution in [3.8, 4) is 5.69 Å². The lowest BCUT2D eigenvalue weighted by atomic mass is 10.3. The predicted molar refractivity (Wildman–Crippen MR) is 80.3 cm³/mol. The summed E-state index contributed by atoms with van der Waals surface area (Å²) < 4.78 is 5.72. The number of hydrogen-bond donors (Lipinski definition) is 1. The second kappa shape index (κ2) is 6.80. The summed E-state index contributed by atoms with van der Waals surface area (Å²) in [7, 11) is 2.08. The highest BCUT2D eigenvalue weighted by Crippen LogP contribution is 2.06. The van der Waals surface area contributed by atoms with E-state index in [0.717, 1.165) is 44.2 Å². The van der Waals surface area contributed by atoms with Crippen molar-refractivity contribution in [2.24, 2.45) is 0 Å². The molecule has 1 unspecified atom stereocenters. The highest BCUT2D eigenvalue weighted by atomic mass is 16.5. The number of para-hydroxylation sites is 1. The number of hydrogen-bond acceptors (Lipinski definition) is 5. The van der Waals surface area contributed by atoms with Gasteiger partial charge in [-0.15, -0.1) is 0 Å². The van der Waals surface area contributed by atoms with Gasteiger partial charge in [-0.3, -0.25) is 4.90 Å². The van der Waals surface area contributed by atoms with E-state index in [-0.39, 0.29) is 6.10 Å². The summed E-state index contributed by atoms with van der Waals surface area (Å²) in [4.78, 5) is 3.89. The molecule has 2 heterocycles. The van der Waals surface area contributed by atoms with Crippen LogP contribution in [0.25, 0.3) is 5.69 Å². The maximum atomic E-state index is 5.72. The van der Waals surface area contributed by atoms with E-state index in [4.69, 9.17) is 4.74 Å². The maximum Gasteiger partial charge on any atom is 0.0971 e. The third kappa shape index (κ3) is 3.87. The predicted octanol–water partition coefficient (Wildman–Crippen LogP) is 0.687. The Hall–Kier alpha value is -1.76. The lowest BCUT2D eigenvalue weighted by Crippen LogP contribution is -2.44. The quantitative estimate of drug-likeness (QED) is 0.877. The molecule has 6 heteroatoms. The van der Waals surface area contributed by atoms with E-state index in [1.807, 2.05) is 36.5 Å².